The van der Waals surface area contributed by atoms with Crippen LogP contribution in [0.4, 0.5) is 5.69 Å². The smallest absolute Gasteiger partial charge is 0.234 e. The first-order valence-corrected chi connectivity index (χ1v) is 7.02. The van der Waals surface area contributed by atoms with Crippen molar-refractivity contribution in [3.8, 4) is 0 Å². The van der Waals surface area contributed by atoms with E-state index in [9.17, 15) is 8.42 Å². The summed E-state index contributed by atoms with van der Waals surface area (Å²) in [6, 6.07) is 5.81. The fraction of sp³-hybridized carbons (Fsp3) is 0.500. The Morgan fingerprint density at radius 3 is 2.06 bits per heavy atom. The van der Waals surface area contributed by atoms with E-state index in [0.29, 0.717) is 6.42 Å². The number of hydrogen-bond acceptors (Lipinski definition) is 2. The minimum atomic E-state index is -3.16. The van der Waals surface area contributed by atoms with Gasteiger partial charge in [0, 0.05) is 7.05 Å². The van der Waals surface area contributed by atoms with Crippen molar-refractivity contribution in [2.24, 2.45) is 0 Å². The molecule has 0 N–H and O–H groups in total. The fourth-order valence-electron chi connectivity index (χ4n) is 1.69. The molecule has 0 bridgehead atoms. The predicted octanol–water partition coefficient (Wildman–Crippen LogP) is 2.48. The summed E-state index contributed by atoms with van der Waals surface area (Å²) < 4.78 is 25.1. The third-order valence-corrected chi connectivity index (χ3v) is 4.42. The summed E-state index contributed by atoms with van der Waals surface area (Å²) in [6.07, 6.45) is 0.636. The van der Waals surface area contributed by atoms with Gasteiger partial charge in [0.1, 0.15) is 0 Å². The highest BCUT2D eigenvalue weighted by molar-refractivity contribution is 7.92. The highest BCUT2D eigenvalue weighted by Crippen LogP contribution is 2.20. The molecular formula is C12H19NO2S. The SMILES string of the molecule is CCCS(=O)(=O)N(C)c1cc(C)cc(C)c1. The number of aryl methyl sites for hydroxylation is 2. The van der Waals surface area contributed by atoms with Crippen molar-refractivity contribution in [3.63, 3.8) is 0 Å². The van der Waals surface area contributed by atoms with Crippen molar-refractivity contribution in [3.05, 3.63) is 29.3 Å². The second-order valence-electron chi connectivity index (χ2n) is 4.13. The van der Waals surface area contributed by atoms with Crippen molar-refractivity contribution >= 4 is 15.7 Å². The number of sulfonamides is 1. The molecule has 0 aromatic heterocycles. The van der Waals surface area contributed by atoms with Gasteiger partial charge in [-0.15, -0.1) is 0 Å². The number of anilines is 1. The van der Waals surface area contributed by atoms with Gasteiger partial charge in [0.2, 0.25) is 10.0 Å². The van der Waals surface area contributed by atoms with Crippen molar-refractivity contribution < 1.29 is 8.42 Å². The summed E-state index contributed by atoms with van der Waals surface area (Å²) >= 11 is 0. The Labute approximate surface area is 98.1 Å². The molecule has 0 aliphatic rings. The Morgan fingerprint density at radius 1 is 1.12 bits per heavy atom. The highest BCUT2D eigenvalue weighted by Gasteiger charge is 2.17. The molecule has 1 rings (SSSR count). The number of rotatable bonds is 4. The van der Waals surface area contributed by atoms with Crippen LogP contribution < -0.4 is 4.31 Å². The Bertz CT molecular complexity index is 446. The third kappa shape index (κ3) is 2.98. The van der Waals surface area contributed by atoms with Gasteiger partial charge in [-0.2, -0.15) is 0 Å². The van der Waals surface area contributed by atoms with Crippen molar-refractivity contribution in [1.82, 2.24) is 0 Å². The molecule has 0 amide bonds. The third-order valence-electron chi connectivity index (χ3n) is 2.45. The maximum absolute atomic E-state index is 11.9. The normalized spacial score (nSPS) is 11.5. The van der Waals surface area contributed by atoms with Crippen molar-refractivity contribution in [2.75, 3.05) is 17.1 Å². The molecule has 0 heterocycles. The van der Waals surface area contributed by atoms with E-state index in [1.807, 2.05) is 39.0 Å². The van der Waals surface area contributed by atoms with Gasteiger partial charge in [0.05, 0.1) is 11.4 Å². The van der Waals surface area contributed by atoms with Crippen molar-refractivity contribution in [2.45, 2.75) is 27.2 Å². The lowest BCUT2D eigenvalue weighted by Crippen LogP contribution is -2.28. The van der Waals surface area contributed by atoms with E-state index in [1.54, 1.807) is 7.05 Å². The summed E-state index contributed by atoms with van der Waals surface area (Å²) in [5.41, 5.74) is 2.90. The van der Waals surface area contributed by atoms with Gasteiger partial charge >= 0.3 is 0 Å². The monoisotopic (exact) mass is 241 g/mol. The first kappa shape index (κ1) is 13.0. The quantitative estimate of drug-likeness (QED) is 0.812. The lowest BCUT2D eigenvalue weighted by atomic mass is 10.1. The molecule has 3 nitrogen and oxygen atoms in total. The minimum Gasteiger partial charge on any atom is -0.273 e. The molecule has 0 saturated heterocycles. The van der Waals surface area contributed by atoms with E-state index in [2.05, 4.69) is 0 Å². The van der Waals surface area contributed by atoms with Crippen LogP contribution >= 0.6 is 0 Å². The Morgan fingerprint density at radius 2 is 1.62 bits per heavy atom. The maximum atomic E-state index is 11.9. The Hall–Kier alpha value is -1.03. The number of benzene rings is 1. The van der Waals surface area contributed by atoms with E-state index >= 15 is 0 Å². The van der Waals surface area contributed by atoms with Crippen LogP contribution in [-0.2, 0) is 10.0 Å². The zero-order chi connectivity index (χ0) is 12.3. The topological polar surface area (TPSA) is 37.4 Å². The second kappa shape index (κ2) is 4.87. The standard InChI is InChI=1S/C12H19NO2S/c1-5-6-16(14,15)13(4)12-8-10(2)7-11(3)9-12/h7-9H,5-6H2,1-4H3. The van der Waals surface area contributed by atoms with Crippen LogP contribution in [0, 0.1) is 13.8 Å². The molecule has 0 radical (unpaired) electrons. The summed E-state index contributed by atoms with van der Waals surface area (Å²) in [5.74, 6) is 0.191. The zero-order valence-electron chi connectivity index (χ0n) is 10.3. The molecule has 1 aromatic carbocycles. The Balaban J connectivity index is 3.09. The molecule has 1 aromatic rings. The van der Waals surface area contributed by atoms with Crippen LogP contribution in [0.3, 0.4) is 0 Å². The molecule has 16 heavy (non-hydrogen) atoms. The number of hydrogen-bond donors (Lipinski definition) is 0. The van der Waals surface area contributed by atoms with E-state index in [4.69, 9.17) is 0 Å². The molecule has 0 fully saturated rings. The van der Waals surface area contributed by atoms with Crippen LogP contribution in [0.25, 0.3) is 0 Å². The molecule has 0 atom stereocenters. The summed E-state index contributed by atoms with van der Waals surface area (Å²) in [5, 5.41) is 0. The lowest BCUT2D eigenvalue weighted by Gasteiger charge is -2.20. The predicted molar refractivity (Wildman–Crippen MR) is 68.4 cm³/mol. The second-order valence-corrected chi connectivity index (χ2v) is 6.25. The molecule has 0 spiro atoms. The van der Waals surface area contributed by atoms with Crippen LogP contribution in [-0.4, -0.2) is 21.2 Å². The first-order chi connectivity index (χ1) is 7.36. The molecule has 4 heteroatoms. The minimum absolute atomic E-state index is 0.191. The van der Waals surface area contributed by atoms with Gasteiger partial charge in [0.15, 0.2) is 0 Å². The van der Waals surface area contributed by atoms with E-state index < -0.39 is 10.0 Å². The molecule has 0 aliphatic carbocycles. The van der Waals surface area contributed by atoms with Crippen LogP contribution in [0.1, 0.15) is 24.5 Å². The van der Waals surface area contributed by atoms with E-state index in [0.717, 1.165) is 16.8 Å². The molecule has 90 valence electrons. The first-order valence-electron chi connectivity index (χ1n) is 5.41. The average molecular weight is 241 g/mol. The largest absolute Gasteiger partial charge is 0.273 e. The van der Waals surface area contributed by atoms with Gasteiger partial charge in [-0.25, -0.2) is 8.42 Å². The van der Waals surface area contributed by atoms with Gasteiger partial charge in [0.25, 0.3) is 0 Å². The van der Waals surface area contributed by atoms with Gasteiger partial charge in [-0.05, 0) is 43.5 Å². The maximum Gasteiger partial charge on any atom is 0.234 e. The average Bonchev–Trinajstić information content (AvgIpc) is 2.14. The van der Waals surface area contributed by atoms with Gasteiger partial charge in [-0.3, -0.25) is 4.31 Å². The van der Waals surface area contributed by atoms with E-state index in [-0.39, 0.29) is 5.75 Å². The molecule has 0 aliphatic heterocycles. The fourth-order valence-corrected chi connectivity index (χ4v) is 2.90. The van der Waals surface area contributed by atoms with Crippen LogP contribution in [0.15, 0.2) is 18.2 Å². The van der Waals surface area contributed by atoms with Gasteiger partial charge in [-0.1, -0.05) is 13.0 Å². The van der Waals surface area contributed by atoms with Gasteiger partial charge < -0.3 is 0 Å². The summed E-state index contributed by atoms with van der Waals surface area (Å²) in [4.78, 5) is 0. The lowest BCUT2D eigenvalue weighted by molar-refractivity contribution is 0.593. The highest BCUT2D eigenvalue weighted by atomic mass is 32.2. The Kier molecular flexibility index (Phi) is 3.97. The van der Waals surface area contributed by atoms with Crippen molar-refractivity contribution in [1.29, 1.82) is 0 Å². The van der Waals surface area contributed by atoms with Crippen LogP contribution in [0.2, 0.25) is 0 Å². The zero-order valence-corrected chi connectivity index (χ0v) is 11.1. The van der Waals surface area contributed by atoms with E-state index in [1.165, 1.54) is 4.31 Å². The number of nitrogens with zero attached hydrogens (tertiary/aromatic N) is 1. The summed E-state index contributed by atoms with van der Waals surface area (Å²) in [7, 11) is -1.55. The molecule has 0 unspecified atom stereocenters. The molecule has 0 saturated carbocycles. The molecular weight excluding hydrogens is 222 g/mol. The van der Waals surface area contributed by atoms with Crippen LogP contribution in [0.5, 0.6) is 0 Å². The summed E-state index contributed by atoms with van der Waals surface area (Å²) in [6.45, 7) is 5.81.